The Balaban J connectivity index is 2.03. The van der Waals surface area contributed by atoms with Gasteiger partial charge in [0, 0.05) is 22.1 Å². The van der Waals surface area contributed by atoms with Gasteiger partial charge in [-0.15, -0.1) is 0 Å². The Bertz CT molecular complexity index is 723. The van der Waals surface area contributed by atoms with Gasteiger partial charge in [0.15, 0.2) is 0 Å². The molecule has 124 valence electrons. The van der Waals surface area contributed by atoms with Crippen molar-refractivity contribution in [3.8, 4) is 0 Å². The van der Waals surface area contributed by atoms with Crippen LogP contribution in [0.5, 0.6) is 0 Å². The number of aromatic nitrogens is 1. The first kappa shape index (κ1) is 16.3. The molecule has 1 unspecified atom stereocenters. The third-order valence-electron chi connectivity index (χ3n) is 3.66. The molecule has 2 aromatic rings. The van der Waals surface area contributed by atoms with E-state index in [0.29, 0.717) is 35.7 Å². The van der Waals surface area contributed by atoms with Gasteiger partial charge < -0.3 is 15.8 Å². The summed E-state index contributed by atoms with van der Waals surface area (Å²) in [5.41, 5.74) is 5.44. The SMILES string of the molecule is N[C@@H]1COCC(Nc2cc(C(F)(F)F)nc3ccc(Cl)cc23)C1. The number of hydrogen-bond acceptors (Lipinski definition) is 4. The van der Waals surface area contributed by atoms with Crippen molar-refractivity contribution in [1.29, 1.82) is 0 Å². The summed E-state index contributed by atoms with van der Waals surface area (Å²) in [6.07, 6.45) is -3.91. The summed E-state index contributed by atoms with van der Waals surface area (Å²) in [4.78, 5) is 3.68. The topological polar surface area (TPSA) is 60.2 Å². The zero-order chi connectivity index (χ0) is 16.6. The molecule has 1 aliphatic rings. The lowest BCUT2D eigenvalue weighted by Gasteiger charge is -2.29. The number of nitrogens with zero attached hydrogens (tertiary/aromatic N) is 1. The van der Waals surface area contributed by atoms with Crippen LogP contribution in [0, 0.1) is 0 Å². The van der Waals surface area contributed by atoms with Crippen LogP contribution >= 0.6 is 11.6 Å². The first-order chi connectivity index (χ1) is 10.8. The van der Waals surface area contributed by atoms with Gasteiger partial charge in [0.1, 0.15) is 5.69 Å². The van der Waals surface area contributed by atoms with Crippen LogP contribution in [0.4, 0.5) is 18.9 Å². The molecule has 2 heterocycles. The normalized spacial score (nSPS) is 22.3. The first-order valence-corrected chi connectivity index (χ1v) is 7.48. The molecule has 1 aromatic heterocycles. The van der Waals surface area contributed by atoms with Crippen LogP contribution in [0.3, 0.4) is 0 Å². The van der Waals surface area contributed by atoms with Gasteiger partial charge in [0.2, 0.25) is 0 Å². The first-order valence-electron chi connectivity index (χ1n) is 7.10. The minimum Gasteiger partial charge on any atom is -0.379 e. The number of benzene rings is 1. The van der Waals surface area contributed by atoms with Gasteiger partial charge in [-0.05, 0) is 30.7 Å². The molecule has 4 nitrogen and oxygen atoms in total. The lowest BCUT2D eigenvalue weighted by Crippen LogP contribution is -2.42. The maximum absolute atomic E-state index is 13.1. The van der Waals surface area contributed by atoms with E-state index in [2.05, 4.69) is 10.3 Å². The highest BCUT2D eigenvalue weighted by molar-refractivity contribution is 6.31. The van der Waals surface area contributed by atoms with Crippen LogP contribution in [0.1, 0.15) is 12.1 Å². The fourth-order valence-electron chi connectivity index (χ4n) is 2.65. The number of pyridine rings is 1. The van der Waals surface area contributed by atoms with Crippen molar-refractivity contribution in [1.82, 2.24) is 4.98 Å². The number of hydrogen-bond donors (Lipinski definition) is 2. The second-order valence-corrected chi connectivity index (χ2v) is 6.03. The minimum absolute atomic E-state index is 0.139. The van der Waals surface area contributed by atoms with Crippen molar-refractivity contribution in [2.24, 2.45) is 5.73 Å². The molecule has 0 saturated carbocycles. The summed E-state index contributed by atoms with van der Waals surface area (Å²) in [7, 11) is 0. The van der Waals surface area contributed by atoms with Crippen LogP contribution in [0.25, 0.3) is 10.9 Å². The largest absolute Gasteiger partial charge is 0.433 e. The van der Waals surface area contributed by atoms with E-state index in [4.69, 9.17) is 22.1 Å². The van der Waals surface area contributed by atoms with Crippen molar-refractivity contribution in [3.05, 3.63) is 35.0 Å². The maximum Gasteiger partial charge on any atom is 0.433 e. The molecular weight excluding hydrogens is 331 g/mol. The van der Waals surface area contributed by atoms with Gasteiger partial charge in [0.25, 0.3) is 0 Å². The quantitative estimate of drug-likeness (QED) is 0.875. The van der Waals surface area contributed by atoms with Gasteiger partial charge in [0.05, 0.1) is 24.8 Å². The molecular formula is C15H15ClF3N3O. The average molecular weight is 346 g/mol. The number of ether oxygens (including phenoxy) is 1. The molecule has 3 rings (SSSR count). The van der Waals surface area contributed by atoms with Gasteiger partial charge in [-0.2, -0.15) is 13.2 Å². The number of halogens is 4. The molecule has 2 atom stereocenters. The monoisotopic (exact) mass is 345 g/mol. The fraction of sp³-hybridized carbons (Fsp3) is 0.400. The molecule has 1 fully saturated rings. The Morgan fingerprint density at radius 3 is 2.74 bits per heavy atom. The van der Waals surface area contributed by atoms with Crippen molar-refractivity contribution in [3.63, 3.8) is 0 Å². The Hall–Kier alpha value is -1.57. The minimum atomic E-state index is -4.52. The molecule has 0 aliphatic carbocycles. The van der Waals surface area contributed by atoms with E-state index >= 15 is 0 Å². The van der Waals surface area contributed by atoms with Crippen LogP contribution in [0.15, 0.2) is 24.3 Å². The number of anilines is 1. The van der Waals surface area contributed by atoms with Gasteiger partial charge in [-0.25, -0.2) is 4.98 Å². The van der Waals surface area contributed by atoms with Crippen LogP contribution in [-0.4, -0.2) is 30.3 Å². The second kappa shape index (κ2) is 6.14. The van der Waals surface area contributed by atoms with E-state index in [1.807, 2.05) is 0 Å². The van der Waals surface area contributed by atoms with Gasteiger partial charge >= 0.3 is 6.18 Å². The smallest absolute Gasteiger partial charge is 0.379 e. The van der Waals surface area contributed by atoms with E-state index in [-0.39, 0.29) is 17.6 Å². The summed E-state index contributed by atoms with van der Waals surface area (Å²) < 4.78 is 44.5. The van der Waals surface area contributed by atoms with Crippen molar-refractivity contribution in [2.45, 2.75) is 24.7 Å². The number of alkyl halides is 3. The highest BCUT2D eigenvalue weighted by Crippen LogP contribution is 2.34. The summed E-state index contributed by atoms with van der Waals surface area (Å²) in [6, 6.07) is 5.28. The summed E-state index contributed by atoms with van der Waals surface area (Å²) in [6.45, 7) is 0.842. The third kappa shape index (κ3) is 3.68. The summed E-state index contributed by atoms with van der Waals surface area (Å²) in [5, 5.41) is 4.05. The molecule has 23 heavy (non-hydrogen) atoms. The molecule has 3 N–H and O–H groups in total. The molecule has 1 saturated heterocycles. The predicted octanol–water partition coefficient (Wildman–Crippen LogP) is 3.44. The van der Waals surface area contributed by atoms with Crippen LogP contribution in [0.2, 0.25) is 5.02 Å². The highest BCUT2D eigenvalue weighted by Gasteiger charge is 2.33. The van der Waals surface area contributed by atoms with Crippen LogP contribution in [-0.2, 0) is 10.9 Å². The third-order valence-corrected chi connectivity index (χ3v) is 3.89. The number of fused-ring (bicyclic) bond motifs is 1. The average Bonchev–Trinajstić information content (AvgIpc) is 2.46. The predicted molar refractivity (Wildman–Crippen MR) is 82.6 cm³/mol. The van der Waals surface area contributed by atoms with Crippen molar-refractivity contribution in [2.75, 3.05) is 18.5 Å². The lowest BCUT2D eigenvalue weighted by atomic mass is 10.1. The maximum atomic E-state index is 13.1. The Labute approximate surface area is 135 Å². The van der Waals surface area contributed by atoms with E-state index in [1.54, 1.807) is 6.07 Å². The standard InChI is InChI=1S/C15H15ClF3N3O/c16-8-1-2-12-11(3-8)13(5-14(22-12)15(17,18)19)21-10-4-9(20)6-23-7-10/h1-3,5,9-10H,4,6-7,20H2,(H,21,22)/t9-,10?/m0/s1. The molecule has 0 bridgehead atoms. The molecule has 0 amide bonds. The Morgan fingerprint density at radius 2 is 2.04 bits per heavy atom. The fourth-order valence-corrected chi connectivity index (χ4v) is 2.82. The lowest BCUT2D eigenvalue weighted by molar-refractivity contribution is -0.140. The van der Waals surface area contributed by atoms with E-state index < -0.39 is 11.9 Å². The molecule has 1 aromatic carbocycles. The van der Waals surface area contributed by atoms with Gasteiger partial charge in [-0.1, -0.05) is 11.6 Å². The number of nitrogens with two attached hydrogens (primary N) is 1. The highest BCUT2D eigenvalue weighted by atomic mass is 35.5. The molecule has 1 aliphatic heterocycles. The molecule has 0 spiro atoms. The number of rotatable bonds is 2. The van der Waals surface area contributed by atoms with E-state index in [9.17, 15) is 13.2 Å². The van der Waals surface area contributed by atoms with Crippen molar-refractivity contribution >= 4 is 28.2 Å². The number of nitrogens with one attached hydrogen (secondary N) is 1. The molecule has 0 radical (unpaired) electrons. The van der Waals surface area contributed by atoms with Gasteiger partial charge in [-0.3, -0.25) is 0 Å². The summed E-state index contributed by atoms with van der Waals surface area (Å²) in [5.74, 6) is 0. The van der Waals surface area contributed by atoms with E-state index in [0.717, 1.165) is 6.07 Å². The Morgan fingerprint density at radius 1 is 1.26 bits per heavy atom. The zero-order valence-electron chi connectivity index (χ0n) is 12.0. The Kier molecular flexibility index (Phi) is 4.35. The second-order valence-electron chi connectivity index (χ2n) is 5.59. The van der Waals surface area contributed by atoms with E-state index in [1.165, 1.54) is 12.1 Å². The zero-order valence-corrected chi connectivity index (χ0v) is 12.8. The van der Waals surface area contributed by atoms with Crippen molar-refractivity contribution < 1.29 is 17.9 Å². The van der Waals surface area contributed by atoms with Crippen LogP contribution < -0.4 is 11.1 Å². The molecule has 8 heteroatoms. The summed E-state index contributed by atoms with van der Waals surface area (Å²) >= 11 is 5.96.